The molecule has 2 atom stereocenters. The quantitative estimate of drug-likeness (QED) is 0.689. The van der Waals surface area contributed by atoms with Gasteiger partial charge in [0.25, 0.3) is 0 Å². The van der Waals surface area contributed by atoms with Crippen LogP contribution < -0.4 is 11.1 Å². The molecule has 138 valence electrons. The number of hydrogen-bond donors (Lipinski definition) is 2. The van der Waals surface area contributed by atoms with E-state index in [1.807, 2.05) is 12.4 Å². The summed E-state index contributed by atoms with van der Waals surface area (Å²) >= 11 is 1.58. The van der Waals surface area contributed by atoms with Gasteiger partial charge in [-0.05, 0) is 36.8 Å². The topological polar surface area (TPSA) is 90.1 Å². The third kappa shape index (κ3) is 3.45. The van der Waals surface area contributed by atoms with E-state index in [4.69, 9.17) is 10.5 Å². The van der Waals surface area contributed by atoms with Gasteiger partial charge in [0.2, 0.25) is 0 Å². The van der Waals surface area contributed by atoms with Gasteiger partial charge in [0, 0.05) is 48.7 Å². The Morgan fingerprint density at radius 3 is 2.85 bits per heavy atom. The lowest BCUT2D eigenvalue weighted by Crippen LogP contribution is -2.30. The molecule has 0 saturated heterocycles. The fraction of sp³-hybridized carbons (Fsp3) is 0.444. The van der Waals surface area contributed by atoms with Crippen LogP contribution in [0.1, 0.15) is 24.8 Å². The van der Waals surface area contributed by atoms with Crippen LogP contribution in [0.25, 0.3) is 5.70 Å². The van der Waals surface area contributed by atoms with Crippen molar-refractivity contribution in [1.29, 1.82) is 0 Å². The van der Waals surface area contributed by atoms with Gasteiger partial charge in [0.05, 0.1) is 20.7 Å². The molecule has 3 heterocycles. The Balaban J connectivity index is 1.65. The lowest BCUT2D eigenvalue weighted by Gasteiger charge is -2.26. The maximum Gasteiger partial charge on any atom is 0.115 e. The lowest BCUT2D eigenvalue weighted by atomic mass is 9.96. The second kappa shape index (κ2) is 7.54. The maximum absolute atomic E-state index is 12.7. The Morgan fingerprint density at radius 2 is 2.15 bits per heavy atom. The molecule has 8 heteroatoms. The third-order valence-electron chi connectivity index (χ3n) is 4.67. The van der Waals surface area contributed by atoms with Crippen molar-refractivity contribution < 1.29 is 8.95 Å². The van der Waals surface area contributed by atoms with E-state index in [1.165, 1.54) is 24.7 Å². The van der Waals surface area contributed by atoms with E-state index in [1.54, 1.807) is 18.9 Å². The minimum atomic E-state index is -1.09. The van der Waals surface area contributed by atoms with E-state index in [9.17, 15) is 4.21 Å². The van der Waals surface area contributed by atoms with Gasteiger partial charge in [0.15, 0.2) is 0 Å². The van der Waals surface area contributed by atoms with Crippen LogP contribution in [0, 0.1) is 5.92 Å². The molecule has 26 heavy (non-hydrogen) atoms. The molecule has 0 aromatic carbocycles. The summed E-state index contributed by atoms with van der Waals surface area (Å²) in [6.45, 7) is 0.612. The predicted molar refractivity (Wildman–Crippen MR) is 105 cm³/mol. The molecule has 1 saturated carbocycles. The summed E-state index contributed by atoms with van der Waals surface area (Å²) in [5, 5.41) is 3.54. The molecular formula is C18H22N4O2S2. The van der Waals surface area contributed by atoms with Crippen molar-refractivity contribution in [3.63, 3.8) is 0 Å². The molecule has 1 aromatic rings. The number of thioether (sulfide) groups is 1. The average Bonchev–Trinajstić information content (AvgIpc) is 3.46. The molecule has 1 aliphatic carbocycles. The molecule has 3 aliphatic rings. The summed E-state index contributed by atoms with van der Waals surface area (Å²) in [5.41, 5.74) is 11.5. The number of fused-ring (bicyclic) bond motifs is 1. The monoisotopic (exact) mass is 390 g/mol. The average molecular weight is 391 g/mol. The number of ether oxygens (including phenoxy) is 1. The molecule has 2 aliphatic heterocycles. The number of aromatic nitrogens is 2. The van der Waals surface area contributed by atoms with E-state index >= 15 is 0 Å². The first-order valence-corrected chi connectivity index (χ1v) is 10.9. The van der Waals surface area contributed by atoms with Crippen LogP contribution in [0.2, 0.25) is 0 Å². The van der Waals surface area contributed by atoms with Crippen LogP contribution >= 0.6 is 11.8 Å². The van der Waals surface area contributed by atoms with Crippen LogP contribution in [0.5, 0.6) is 0 Å². The van der Waals surface area contributed by atoms with Crippen LogP contribution in [0.4, 0.5) is 0 Å². The third-order valence-corrected chi connectivity index (χ3v) is 7.83. The molecule has 0 radical (unpaired) electrons. The first kappa shape index (κ1) is 17.8. The molecule has 0 spiro atoms. The van der Waals surface area contributed by atoms with Crippen LogP contribution in [0.3, 0.4) is 0 Å². The van der Waals surface area contributed by atoms with Crippen molar-refractivity contribution in [3.8, 4) is 0 Å². The SMILES string of the molecule is COCCCS(=O)C1=C(N)C2=C(C3CC3)C=C(c3cncnc3)NC2S1. The number of dihydropyridines is 1. The number of rotatable bonds is 7. The number of hydrogen-bond acceptors (Lipinski definition) is 7. The molecular weight excluding hydrogens is 368 g/mol. The summed E-state index contributed by atoms with van der Waals surface area (Å²) < 4.78 is 18.6. The summed E-state index contributed by atoms with van der Waals surface area (Å²) in [5.74, 6) is 1.12. The Morgan fingerprint density at radius 1 is 1.38 bits per heavy atom. The highest BCUT2D eigenvalue weighted by atomic mass is 32.2. The molecule has 3 N–H and O–H groups in total. The van der Waals surface area contributed by atoms with Crippen molar-refractivity contribution in [3.05, 3.63) is 51.4 Å². The summed E-state index contributed by atoms with van der Waals surface area (Å²) in [6, 6.07) is 0. The van der Waals surface area contributed by atoms with Gasteiger partial charge in [-0.2, -0.15) is 0 Å². The van der Waals surface area contributed by atoms with Crippen LogP contribution in [0.15, 0.2) is 45.9 Å². The zero-order valence-corrected chi connectivity index (χ0v) is 16.2. The van der Waals surface area contributed by atoms with Crippen molar-refractivity contribution in [2.24, 2.45) is 11.7 Å². The van der Waals surface area contributed by atoms with Gasteiger partial charge < -0.3 is 15.8 Å². The van der Waals surface area contributed by atoms with Crippen molar-refractivity contribution in [2.75, 3.05) is 19.5 Å². The minimum Gasteiger partial charge on any atom is -0.397 e. The fourth-order valence-corrected chi connectivity index (χ4v) is 6.15. The van der Waals surface area contributed by atoms with Crippen LogP contribution in [-0.4, -0.2) is 39.0 Å². The van der Waals surface area contributed by atoms with Crippen LogP contribution in [-0.2, 0) is 15.5 Å². The summed E-state index contributed by atoms with van der Waals surface area (Å²) in [4.78, 5) is 8.24. The number of nitrogens with zero attached hydrogens (tertiary/aromatic N) is 2. The molecule has 4 rings (SSSR count). The number of allylic oxidation sites excluding steroid dienone is 2. The predicted octanol–water partition coefficient (Wildman–Crippen LogP) is 2.11. The second-order valence-corrected chi connectivity index (χ2v) is 9.45. The largest absolute Gasteiger partial charge is 0.397 e. The zero-order valence-electron chi connectivity index (χ0n) is 14.6. The molecule has 1 fully saturated rings. The van der Waals surface area contributed by atoms with Gasteiger partial charge >= 0.3 is 0 Å². The lowest BCUT2D eigenvalue weighted by molar-refractivity contribution is 0.200. The normalized spacial score (nSPS) is 23.6. The van der Waals surface area contributed by atoms with Gasteiger partial charge in [0.1, 0.15) is 11.7 Å². The van der Waals surface area contributed by atoms with Gasteiger partial charge in [-0.1, -0.05) is 11.8 Å². The second-order valence-electron chi connectivity index (χ2n) is 6.57. The molecule has 6 nitrogen and oxygen atoms in total. The zero-order chi connectivity index (χ0) is 18.1. The summed E-state index contributed by atoms with van der Waals surface area (Å²) in [6.07, 6.45) is 10.4. The van der Waals surface area contributed by atoms with E-state index in [-0.39, 0.29) is 5.37 Å². The Bertz CT molecular complexity index is 816. The van der Waals surface area contributed by atoms with Crippen molar-refractivity contribution in [2.45, 2.75) is 24.6 Å². The van der Waals surface area contributed by atoms with E-state index < -0.39 is 10.8 Å². The standard InChI is InChI=1S/C18H22N4O2S2/c1-24-5-2-6-26(23)18-16(19)15-13(11-3-4-11)7-14(22-17(15)25-18)12-8-20-10-21-9-12/h7-11,17,22H,2-6,19H2,1H3. The summed E-state index contributed by atoms with van der Waals surface area (Å²) in [7, 11) is 0.568. The first-order valence-electron chi connectivity index (χ1n) is 8.70. The number of nitrogens with two attached hydrogens (primary N) is 1. The molecule has 0 bridgehead atoms. The number of nitrogens with one attached hydrogen (secondary N) is 1. The van der Waals surface area contributed by atoms with E-state index in [2.05, 4.69) is 21.4 Å². The van der Waals surface area contributed by atoms with Gasteiger partial charge in [-0.3, -0.25) is 4.21 Å². The highest BCUT2D eigenvalue weighted by Gasteiger charge is 2.40. The highest BCUT2D eigenvalue weighted by Crippen LogP contribution is 2.50. The maximum atomic E-state index is 12.7. The number of methoxy groups -OCH3 is 1. The highest BCUT2D eigenvalue weighted by molar-refractivity contribution is 8.17. The van der Waals surface area contributed by atoms with E-state index in [0.717, 1.165) is 27.5 Å². The van der Waals surface area contributed by atoms with Gasteiger partial charge in [-0.25, -0.2) is 9.97 Å². The van der Waals surface area contributed by atoms with Gasteiger partial charge in [-0.15, -0.1) is 0 Å². The Kier molecular flexibility index (Phi) is 5.15. The van der Waals surface area contributed by atoms with Crippen molar-refractivity contribution in [1.82, 2.24) is 15.3 Å². The van der Waals surface area contributed by atoms with Crippen molar-refractivity contribution >= 4 is 28.3 Å². The smallest absolute Gasteiger partial charge is 0.115 e. The molecule has 0 amide bonds. The molecule has 1 aromatic heterocycles. The first-order chi connectivity index (χ1) is 12.7. The molecule has 2 unspecified atom stereocenters. The Hall–Kier alpha value is -1.64. The van der Waals surface area contributed by atoms with E-state index in [0.29, 0.717) is 24.0 Å². The fourth-order valence-electron chi connectivity index (χ4n) is 3.25. The Labute approximate surface area is 159 Å². The minimum absolute atomic E-state index is 0.00665.